The first kappa shape index (κ1) is 12.4. The average Bonchev–Trinajstić information content (AvgIpc) is 2.30. The van der Waals surface area contributed by atoms with E-state index >= 15 is 0 Å². The normalized spacial score (nSPS) is 21.5. The average molecular weight is 245 g/mol. The van der Waals surface area contributed by atoms with Gasteiger partial charge in [-0.2, -0.15) is 13.2 Å². The number of hydrogen-bond donors (Lipinski definition) is 1. The molecule has 94 valence electrons. The first-order valence-electron chi connectivity index (χ1n) is 5.54. The highest BCUT2D eigenvalue weighted by atomic mass is 19.4. The lowest BCUT2D eigenvalue weighted by atomic mass is 10.0. The molecule has 1 N–H and O–H groups in total. The molecule has 0 aliphatic carbocycles. The van der Waals surface area contributed by atoms with Crippen LogP contribution in [0, 0.1) is 0 Å². The van der Waals surface area contributed by atoms with Crippen molar-refractivity contribution in [1.29, 1.82) is 0 Å². The Morgan fingerprint density at radius 3 is 2.47 bits per heavy atom. The van der Waals surface area contributed by atoms with Crippen molar-refractivity contribution < 1.29 is 17.9 Å². The second-order valence-corrected chi connectivity index (χ2v) is 4.10. The summed E-state index contributed by atoms with van der Waals surface area (Å²) < 4.78 is 42.5. The van der Waals surface area contributed by atoms with E-state index in [9.17, 15) is 13.2 Å². The molecule has 1 aromatic rings. The summed E-state index contributed by atoms with van der Waals surface area (Å²) in [7, 11) is 0. The molecule has 1 saturated heterocycles. The van der Waals surface area contributed by atoms with Crippen LogP contribution in [0.1, 0.15) is 11.1 Å². The molecular weight excluding hydrogens is 231 g/mol. The van der Waals surface area contributed by atoms with Gasteiger partial charge in [-0.3, -0.25) is 0 Å². The molecule has 0 saturated carbocycles. The number of nitrogens with one attached hydrogen (secondary N) is 1. The summed E-state index contributed by atoms with van der Waals surface area (Å²) in [6.45, 7) is 2.25. The Hall–Kier alpha value is -1.07. The van der Waals surface area contributed by atoms with Gasteiger partial charge in [0, 0.05) is 13.1 Å². The third-order valence-corrected chi connectivity index (χ3v) is 2.75. The number of morpholine rings is 1. The maximum absolute atomic E-state index is 12.3. The lowest BCUT2D eigenvalue weighted by Gasteiger charge is -2.23. The Kier molecular flexibility index (Phi) is 3.69. The molecule has 1 atom stereocenters. The van der Waals surface area contributed by atoms with Crippen LogP contribution in [-0.4, -0.2) is 25.8 Å². The first-order chi connectivity index (χ1) is 8.05. The number of halogens is 3. The maximum atomic E-state index is 12.3. The van der Waals surface area contributed by atoms with Crippen molar-refractivity contribution in [2.75, 3.05) is 19.7 Å². The van der Waals surface area contributed by atoms with E-state index in [1.54, 1.807) is 0 Å². The standard InChI is InChI=1S/C12H14F3NO/c13-12(14,15)10-3-1-9(2-4-10)7-11-8-16-5-6-17-11/h1-4,11,16H,5-8H2. The van der Waals surface area contributed by atoms with Crippen molar-refractivity contribution in [1.82, 2.24) is 5.32 Å². The predicted octanol–water partition coefficient (Wildman–Crippen LogP) is 2.24. The molecule has 2 rings (SSSR count). The van der Waals surface area contributed by atoms with Crippen molar-refractivity contribution in [3.63, 3.8) is 0 Å². The van der Waals surface area contributed by atoms with Crippen LogP contribution < -0.4 is 5.32 Å². The van der Waals surface area contributed by atoms with Crippen LogP contribution in [-0.2, 0) is 17.3 Å². The van der Waals surface area contributed by atoms with Crippen molar-refractivity contribution in [3.05, 3.63) is 35.4 Å². The molecule has 1 aromatic carbocycles. The first-order valence-corrected chi connectivity index (χ1v) is 5.54. The van der Waals surface area contributed by atoms with E-state index in [4.69, 9.17) is 4.74 Å². The zero-order chi connectivity index (χ0) is 12.3. The Morgan fingerprint density at radius 1 is 1.24 bits per heavy atom. The topological polar surface area (TPSA) is 21.3 Å². The fourth-order valence-corrected chi connectivity index (χ4v) is 1.84. The third-order valence-electron chi connectivity index (χ3n) is 2.75. The summed E-state index contributed by atoms with van der Waals surface area (Å²) in [5, 5.41) is 3.19. The second-order valence-electron chi connectivity index (χ2n) is 4.10. The highest BCUT2D eigenvalue weighted by Crippen LogP contribution is 2.29. The van der Waals surface area contributed by atoms with E-state index < -0.39 is 11.7 Å². The van der Waals surface area contributed by atoms with Gasteiger partial charge in [0.05, 0.1) is 18.3 Å². The highest BCUT2D eigenvalue weighted by Gasteiger charge is 2.30. The van der Waals surface area contributed by atoms with Crippen LogP contribution in [0.15, 0.2) is 24.3 Å². The van der Waals surface area contributed by atoms with Gasteiger partial charge < -0.3 is 10.1 Å². The molecular formula is C12H14F3NO. The van der Waals surface area contributed by atoms with Gasteiger partial charge >= 0.3 is 6.18 Å². The van der Waals surface area contributed by atoms with Gasteiger partial charge in [0.25, 0.3) is 0 Å². The minimum atomic E-state index is -4.26. The predicted molar refractivity (Wildman–Crippen MR) is 57.8 cm³/mol. The minimum Gasteiger partial charge on any atom is -0.375 e. The number of benzene rings is 1. The van der Waals surface area contributed by atoms with Crippen LogP contribution in [0.25, 0.3) is 0 Å². The molecule has 17 heavy (non-hydrogen) atoms. The Bertz CT molecular complexity index is 355. The molecule has 1 fully saturated rings. The van der Waals surface area contributed by atoms with E-state index in [1.807, 2.05) is 0 Å². The monoisotopic (exact) mass is 245 g/mol. The van der Waals surface area contributed by atoms with Crippen LogP contribution in [0.4, 0.5) is 13.2 Å². The van der Waals surface area contributed by atoms with Crippen LogP contribution >= 0.6 is 0 Å². The molecule has 1 heterocycles. The lowest BCUT2D eigenvalue weighted by Crippen LogP contribution is -2.39. The Balaban J connectivity index is 1.98. The minimum absolute atomic E-state index is 0.0560. The molecule has 2 nitrogen and oxygen atoms in total. The van der Waals surface area contributed by atoms with E-state index in [0.717, 1.165) is 30.8 Å². The molecule has 1 aliphatic rings. The SMILES string of the molecule is FC(F)(F)c1ccc(CC2CNCCO2)cc1. The van der Waals surface area contributed by atoms with Crippen molar-refractivity contribution in [3.8, 4) is 0 Å². The van der Waals surface area contributed by atoms with E-state index in [-0.39, 0.29) is 6.10 Å². The molecule has 1 aliphatic heterocycles. The summed E-state index contributed by atoms with van der Waals surface area (Å²) >= 11 is 0. The number of hydrogen-bond acceptors (Lipinski definition) is 2. The summed E-state index contributed by atoms with van der Waals surface area (Å²) in [6.07, 6.45) is -3.56. The third kappa shape index (κ3) is 3.44. The summed E-state index contributed by atoms with van der Waals surface area (Å²) in [4.78, 5) is 0. The van der Waals surface area contributed by atoms with Gasteiger partial charge in [-0.05, 0) is 24.1 Å². The Labute approximate surface area is 97.8 Å². The van der Waals surface area contributed by atoms with Gasteiger partial charge in [-0.15, -0.1) is 0 Å². The van der Waals surface area contributed by atoms with Crippen LogP contribution in [0.5, 0.6) is 0 Å². The van der Waals surface area contributed by atoms with Crippen LogP contribution in [0.3, 0.4) is 0 Å². The fourth-order valence-electron chi connectivity index (χ4n) is 1.84. The summed E-state index contributed by atoms with van der Waals surface area (Å²) in [5.41, 5.74) is 0.260. The van der Waals surface area contributed by atoms with E-state index in [0.29, 0.717) is 13.0 Å². The van der Waals surface area contributed by atoms with Crippen molar-refractivity contribution in [2.45, 2.75) is 18.7 Å². The molecule has 5 heteroatoms. The second kappa shape index (κ2) is 5.06. The van der Waals surface area contributed by atoms with Gasteiger partial charge in [0.15, 0.2) is 0 Å². The highest BCUT2D eigenvalue weighted by molar-refractivity contribution is 5.25. The quantitative estimate of drug-likeness (QED) is 0.862. The number of rotatable bonds is 2. The zero-order valence-corrected chi connectivity index (χ0v) is 9.26. The van der Waals surface area contributed by atoms with Gasteiger partial charge in [0.2, 0.25) is 0 Å². The zero-order valence-electron chi connectivity index (χ0n) is 9.26. The number of alkyl halides is 3. The maximum Gasteiger partial charge on any atom is 0.416 e. The fraction of sp³-hybridized carbons (Fsp3) is 0.500. The van der Waals surface area contributed by atoms with Crippen molar-refractivity contribution >= 4 is 0 Å². The molecule has 0 aromatic heterocycles. The van der Waals surface area contributed by atoms with Gasteiger partial charge in [-0.1, -0.05) is 12.1 Å². The molecule has 0 bridgehead atoms. The molecule has 0 radical (unpaired) electrons. The summed E-state index contributed by atoms with van der Waals surface area (Å²) in [6, 6.07) is 5.26. The van der Waals surface area contributed by atoms with Crippen molar-refractivity contribution in [2.24, 2.45) is 0 Å². The molecule has 1 unspecified atom stereocenters. The van der Waals surface area contributed by atoms with E-state index in [2.05, 4.69) is 5.32 Å². The number of ether oxygens (including phenoxy) is 1. The summed E-state index contributed by atoms with van der Waals surface area (Å²) in [5.74, 6) is 0. The molecule has 0 spiro atoms. The van der Waals surface area contributed by atoms with Gasteiger partial charge in [0.1, 0.15) is 0 Å². The molecule has 0 amide bonds. The lowest BCUT2D eigenvalue weighted by molar-refractivity contribution is -0.137. The van der Waals surface area contributed by atoms with E-state index in [1.165, 1.54) is 12.1 Å². The largest absolute Gasteiger partial charge is 0.416 e. The Morgan fingerprint density at radius 2 is 1.94 bits per heavy atom. The van der Waals surface area contributed by atoms with Crippen LogP contribution in [0.2, 0.25) is 0 Å². The van der Waals surface area contributed by atoms with Gasteiger partial charge in [-0.25, -0.2) is 0 Å². The smallest absolute Gasteiger partial charge is 0.375 e.